The summed E-state index contributed by atoms with van der Waals surface area (Å²) in [6, 6.07) is 0. The lowest BCUT2D eigenvalue weighted by Gasteiger charge is -2.32. The molecule has 8 aromatic carbocycles. The second-order valence-corrected chi connectivity index (χ2v) is 21.0. The molecule has 0 aliphatic heterocycles. The lowest BCUT2D eigenvalue weighted by molar-refractivity contribution is 0.675. The Morgan fingerprint density at radius 3 is 0.708 bits per heavy atom. The molecule has 0 bridgehead atoms. The van der Waals surface area contributed by atoms with Crippen molar-refractivity contribution in [1.82, 2.24) is 0 Å². The van der Waals surface area contributed by atoms with E-state index in [1.54, 1.807) is 0 Å². The van der Waals surface area contributed by atoms with Crippen molar-refractivity contribution in [3.8, 4) is 22.3 Å². The highest BCUT2D eigenvalue weighted by Gasteiger charge is 2.32. The molecular formula is C40H48B24O. The van der Waals surface area contributed by atoms with Crippen LogP contribution >= 0.6 is 0 Å². The Kier molecular flexibility index (Phi) is 10.9. The standard InChI is InChI=1S/C40H48B24O/c41-15-3(9-10(22(48)31(57)30(56)21(9)47)11-13(15)24(50)33(59)32(58)23(11)49)1-4-6(18(44)28(54)26(52)16(4)42)2(7-5(1)17(43)27(53)29(55)19(7)45)8-12-14-25(51)34(60)36(62)38(64)40(14)65-39(12)37(63)35(61)20(8)46/h41-64H2. The first-order chi connectivity index (χ1) is 30.3. The summed E-state index contributed by atoms with van der Waals surface area (Å²) < 4.78 is 7.23. The fourth-order valence-electron chi connectivity index (χ4n) is 12.9. The molecule has 286 valence electrons. The van der Waals surface area contributed by atoms with Gasteiger partial charge in [0.2, 0.25) is 0 Å². The van der Waals surface area contributed by atoms with E-state index in [9.17, 15) is 0 Å². The van der Waals surface area contributed by atoms with Crippen molar-refractivity contribution in [2.45, 2.75) is 0 Å². The first kappa shape index (κ1) is 46.3. The van der Waals surface area contributed by atoms with Gasteiger partial charge in [0, 0.05) is 10.8 Å². The molecule has 0 spiro atoms. The first-order valence-electron chi connectivity index (χ1n) is 24.2. The number of hydrogen-bond donors (Lipinski definition) is 0. The molecule has 9 aromatic rings. The van der Waals surface area contributed by atoms with Crippen molar-refractivity contribution in [3.05, 3.63) is 0 Å². The fraction of sp³-hybridized carbons (Fsp3) is 0. The molecule has 25 heteroatoms. The average Bonchev–Trinajstić information content (AvgIpc) is 3.68. The average molecular weight is 804 g/mol. The molecule has 1 heterocycles. The molecule has 0 atom stereocenters. The minimum atomic E-state index is 1.03. The summed E-state index contributed by atoms with van der Waals surface area (Å²) in [6.45, 7) is 0. The molecule has 1 nitrogen and oxygen atoms in total. The quantitative estimate of drug-likeness (QED) is 0.0964. The van der Waals surface area contributed by atoms with Gasteiger partial charge in [-0.1, -0.05) is 81.9 Å². The fourth-order valence-corrected chi connectivity index (χ4v) is 12.9. The van der Waals surface area contributed by atoms with E-state index < -0.39 is 0 Å². The number of benzene rings is 8. The van der Waals surface area contributed by atoms with Gasteiger partial charge >= 0.3 is 0 Å². The maximum Gasteiger partial charge on any atom is 0.143 e. The van der Waals surface area contributed by atoms with Gasteiger partial charge in [0.25, 0.3) is 0 Å². The molecule has 65 heavy (non-hydrogen) atoms. The summed E-state index contributed by atoms with van der Waals surface area (Å²) in [5.74, 6) is 0. The van der Waals surface area contributed by atoms with Crippen molar-refractivity contribution in [2.75, 3.05) is 0 Å². The second-order valence-electron chi connectivity index (χ2n) is 21.0. The Bertz CT molecular complexity index is 3740. The Morgan fingerprint density at radius 2 is 0.354 bits per heavy atom. The van der Waals surface area contributed by atoms with Crippen LogP contribution in [0.25, 0.3) is 87.3 Å². The van der Waals surface area contributed by atoms with Crippen LogP contribution in [-0.4, -0.2) is 188 Å². The number of fused-ring (bicyclic) bond motifs is 8. The van der Waals surface area contributed by atoms with Crippen LogP contribution < -0.4 is 131 Å². The monoisotopic (exact) mass is 809 g/mol. The lowest BCUT2D eigenvalue weighted by Crippen LogP contribution is -2.52. The van der Waals surface area contributed by atoms with E-state index in [1.807, 2.05) is 0 Å². The SMILES string of the molecule is Bc1c(B)c(B)c2c(oc3c(B)c(B)c(B)c(-c4c5c(B)c(B)c(B)c(B)c5c(-c5c(B)c6c(B)c(B)c(B)c(B)c6c6c(B)c(B)c(B)c(B)c56)c5c(B)c(B)c(B)c(B)c45)c32)c1B. The van der Waals surface area contributed by atoms with Crippen molar-refractivity contribution in [1.29, 1.82) is 0 Å². The zero-order valence-corrected chi connectivity index (χ0v) is 44.4. The van der Waals surface area contributed by atoms with Crippen molar-refractivity contribution in [3.63, 3.8) is 0 Å². The van der Waals surface area contributed by atoms with Crippen LogP contribution in [0.2, 0.25) is 0 Å². The summed E-state index contributed by atoms with van der Waals surface area (Å²) in [5.41, 5.74) is 40.4. The molecular weight excluding hydrogens is 756 g/mol. The van der Waals surface area contributed by atoms with E-state index in [4.69, 9.17) is 4.42 Å². The van der Waals surface area contributed by atoms with Gasteiger partial charge < -0.3 is 4.42 Å². The van der Waals surface area contributed by atoms with Gasteiger partial charge in [-0.25, -0.2) is 0 Å². The summed E-state index contributed by atoms with van der Waals surface area (Å²) >= 11 is 0. The number of furan rings is 1. The highest BCUT2D eigenvalue weighted by atomic mass is 16.3. The minimum Gasteiger partial charge on any atom is -0.457 e. The predicted octanol–water partition coefficient (Wildman–Crippen LogP) is -30.3. The van der Waals surface area contributed by atoms with Crippen LogP contribution in [-0.2, 0) is 0 Å². The Balaban J connectivity index is 1.74. The second kappa shape index (κ2) is 15.3. The van der Waals surface area contributed by atoms with Gasteiger partial charge in [-0.2, -0.15) is 0 Å². The third kappa shape index (κ3) is 5.75. The van der Waals surface area contributed by atoms with E-state index in [-0.39, 0.29) is 0 Å². The van der Waals surface area contributed by atoms with E-state index in [1.165, 1.54) is 207 Å². The van der Waals surface area contributed by atoms with Crippen LogP contribution in [0.5, 0.6) is 0 Å². The maximum atomic E-state index is 7.23. The summed E-state index contributed by atoms with van der Waals surface area (Å²) in [4.78, 5) is 0. The number of rotatable bonds is 2. The van der Waals surface area contributed by atoms with E-state index in [0.29, 0.717) is 0 Å². The summed E-state index contributed by atoms with van der Waals surface area (Å²) in [7, 11) is 56.8. The highest BCUT2D eigenvalue weighted by molar-refractivity contribution is 6.77. The molecule has 0 saturated carbocycles. The van der Waals surface area contributed by atoms with Gasteiger partial charge in [-0.3, -0.25) is 0 Å². The Hall–Kier alpha value is -3.84. The summed E-state index contributed by atoms with van der Waals surface area (Å²) in [5, 5.41) is 13.8. The van der Waals surface area contributed by atoms with Crippen LogP contribution in [0.1, 0.15) is 0 Å². The lowest BCUT2D eigenvalue weighted by atomic mass is 9.56. The van der Waals surface area contributed by atoms with Crippen molar-refractivity contribution in [2.24, 2.45) is 0 Å². The molecule has 0 N–H and O–H groups in total. The Morgan fingerprint density at radius 1 is 0.138 bits per heavy atom. The van der Waals surface area contributed by atoms with Crippen LogP contribution in [0, 0.1) is 0 Å². The normalized spacial score (nSPS) is 11.9. The first-order valence-corrected chi connectivity index (χ1v) is 24.2. The largest absolute Gasteiger partial charge is 0.457 e. The van der Waals surface area contributed by atoms with Crippen LogP contribution in [0.4, 0.5) is 0 Å². The van der Waals surface area contributed by atoms with Crippen molar-refractivity contribution < 1.29 is 4.42 Å². The van der Waals surface area contributed by atoms with Gasteiger partial charge in [-0.05, 0) is 65.3 Å². The van der Waals surface area contributed by atoms with Gasteiger partial charge in [0.1, 0.15) is 199 Å². The zero-order chi connectivity index (χ0) is 47.8. The van der Waals surface area contributed by atoms with Gasteiger partial charge in [0.15, 0.2) is 0 Å². The molecule has 0 unspecified atom stereocenters. The molecule has 9 rings (SSSR count). The molecule has 0 radical (unpaired) electrons. The number of hydrogen-bond acceptors (Lipinski definition) is 1. The van der Waals surface area contributed by atoms with E-state index in [0.717, 1.165) is 11.2 Å². The zero-order valence-electron chi connectivity index (χ0n) is 44.4. The molecule has 0 saturated heterocycles. The molecule has 0 aliphatic carbocycles. The van der Waals surface area contributed by atoms with E-state index >= 15 is 0 Å². The predicted molar refractivity (Wildman–Crippen MR) is 371 cm³/mol. The van der Waals surface area contributed by atoms with Gasteiger partial charge in [-0.15, -0.1) is 49.2 Å². The molecule has 0 fully saturated rings. The maximum absolute atomic E-state index is 7.23. The van der Waals surface area contributed by atoms with E-state index in [2.05, 4.69) is 188 Å². The van der Waals surface area contributed by atoms with Gasteiger partial charge in [0.05, 0.1) is 0 Å². The third-order valence-electron chi connectivity index (χ3n) is 18.9. The molecule has 1 aromatic heterocycles. The van der Waals surface area contributed by atoms with Crippen LogP contribution in [0.3, 0.4) is 0 Å². The summed E-state index contributed by atoms with van der Waals surface area (Å²) in [6.07, 6.45) is 0. The molecule has 0 aliphatic rings. The minimum absolute atomic E-state index is 1.03. The van der Waals surface area contributed by atoms with Crippen molar-refractivity contribution >= 4 is 384 Å². The van der Waals surface area contributed by atoms with Crippen LogP contribution in [0.15, 0.2) is 4.42 Å². The topological polar surface area (TPSA) is 13.1 Å². The Labute approximate surface area is 408 Å². The smallest absolute Gasteiger partial charge is 0.143 e. The third-order valence-corrected chi connectivity index (χ3v) is 18.9. The molecule has 0 amide bonds. The highest BCUT2D eigenvalue weighted by Crippen LogP contribution is 2.44.